The van der Waals surface area contributed by atoms with Crippen LogP contribution in [0.25, 0.3) is 0 Å². The molecule has 0 spiro atoms. The number of likely N-dealkylation sites (tertiary alicyclic amines) is 1. The summed E-state index contributed by atoms with van der Waals surface area (Å²) in [6.07, 6.45) is 8.36. The van der Waals surface area contributed by atoms with Crippen molar-refractivity contribution in [3.8, 4) is 0 Å². The van der Waals surface area contributed by atoms with E-state index in [0.29, 0.717) is 5.56 Å². The molecule has 3 atom stereocenters. The minimum atomic E-state index is -0.461. The third-order valence-electron chi connectivity index (χ3n) is 5.42. The summed E-state index contributed by atoms with van der Waals surface area (Å²) in [4.78, 5) is 16.8. The van der Waals surface area contributed by atoms with E-state index in [2.05, 4.69) is 10.00 Å². The highest BCUT2D eigenvalue weighted by atomic mass is 16.3. The molecule has 1 saturated heterocycles. The van der Waals surface area contributed by atoms with Crippen molar-refractivity contribution in [2.45, 2.75) is 63.8 Å². The van der Waals surface area contributed by atoms with Crippen molar-refractivity contribution in [3.05, 3.63) is 18.0 Å². The monoisotopic (exact) mass is 320 g/mol. The van der Waals surface area contributed by atoms with Crippen LogP contribution < -0.4 is 0 Å². The van der Waals surface area contributed by atoms with Gasteiger partial charge >= 0.3 is 0 Å². The van der Waals surface area contributed by atoms with Gasteiger partial charge in [-0.05, 0) is 52.1 Å². The van der Waals surface area contributed by atoms with E-state index in [9.17, 15) is 9.90 Å². The Morgan fingerprint density at radius 1 is 1.35 bits per heavy atom. The van der Waals surface area contributed by atoms with Gasteiger partial charge in [-0.15, -0.1) is 0 Å². The molecule has 6 nitrogen and oxygen atoms in total. The van der Waals surface area contributed by atoms with Crippen molar-refractivity contribution in [2.24, 2.45) is 0 Å². The molecule has 2 heterocycles. The maximum Gasteiger partial charge on any atom is 0.257 e. The molecular formula is C17H28N4O2. The number of aliphatic hydroxyl groups excluding tert-OH is 1. The van der Waals surface area contributed by atoms with Crippen molar-refractivity contribution in [2.75, 3.05) is 20.1 Å². The first-order valence-corrected chi connectivity index (χ1v) is 8.83. The summed E-state index contributed by atoms with van der Waals surface area (Å²) in [6.45, 7) is 4.90. The first-order valence-electron chi connectivity index (χ1n) is 8.83. The lowest BCUT2D eigenvalue weighted by Crippen LogP contribution is -2.56. The van der Waals surface area contributed by atoms with Gasteiger partial charge in [-0.3, -0.25) is 14.4 Å². The number of rotatable bonds is 4. The van der Waals surface area contributed by atoms with Gasteiger partial charge in [0.25, 0.3) is 5.91 Å². The lowest BCUT2D eigenvalue weighted by Gasteiger charge is -2.43. The van der Waals surface area contributed by atoms with Crippen LogP contribution in [-0.4, -0.2) is 68.9 Å². The van der Waals surface area contributed by atoms with Gasteiger partial charge in [0.05, 0.1) is 23.9 Å². The van der Waals surface area contributed by atoms with Crippen LogP contribution >= 0.6 is 0 Å². The first kappa shape index (κ1) is 16.5. The summed E-state index contributed by atoms with van der Waals surface area (Å²) in [6, 6.07) is 0.0942. The van der Waals surface area contributed by atoms with Crippen LogP contribution in [0.15, 0.2) is 12.4 Å². The fourth-order valence-electron chi connectivity index (χ4n) is 4.03. The Balaban J connectivity index is 1.69. The number of aromatic nitrogens is 2. The average molecular weight is 320 g/mol. The van der Waals surface area contributed by atoms with Gasteiger partial charge in [0.1, 0.15) is 0 Å². The van der Waals surface area contributed by atoms with Crippen LogP contribution in [0.2, 0.25) is 0 Å². The highest BCUT2D eigenvalue weighted by Crippen LogP contribution is 2.29. The fourth-order valence-corrected chi connectivity index (χ4v) is 4.03. The number of nitrogens with zero attached hydrogens (tertiary/aromatic N) is 4. The van der Waals surface area contributed by atoms with Gasteiger partial charge in [0, 0.05) is 25.8 Å². The van der Waals surface area contributed by atoms with Crippen LogP contribution in [0, 0.1) is 0 Å². The fraction of sp³-hybridized carbons (Fsp3) is 0.765. The predicted octanol–water partition coefficient (Wildman–Crippen LogP) is 1.35. The number of aryl methyl sites for hydroxylation is 1. The van der Waals surface area contributed by atoms with E-state index in [1.54, 1.807) is 22.0 Å². The van der Waals surface area contributed by atoms with Crippen molar-refractivity contribution >= 4 is 5.91 Å². The molecule has 0 bridgehead atoms. The van der Waals surface area contributed by atoms with Gasteiger partial charge in [-0.2, -0.15) is 5.10 Å². The predicted molar refractivity (Wildman–Crippen MR) is 88.2 cm³/mol. The average Bonchev–Trinajstić information content (AvgIpc) is 3.25. The number of carbonyl (C=O) groups excluding carboxylic acids is 1. The molecular weight excluding hydrogens is 292 g/mol. The van der Waals surface area contributed by atoms with Crippen LogP contribution in [0.3, 0.4) is 0 Å². The van der Waals surface area contributed by atoms with Crippen molar-refractivity contribution < 1.29 is 9.90 Å². The molecule has 3 rings (SSSR count). The topological polar surface area (TPSA) is 61.6 Å². The van der Waals surface area contributed by atoms with Crippen molar-refractivity contribution in [1.82, 2.24) is 19.6 Å². The smallest absolute Gasteiger partial charge is 0.257 e. The Morgan fingerprint density at radius 3 is 2.74 bits per heavy atom. The quantitative estimate of drug-likeness (QED) is 0.910. The third kappa shape index (κ3) is 3.28. The van der Waals surface area contributed by atoms with Gasteiger partial charge in [0.2, 0.25) is 0 Å². The van der Waals surface area contributed by atoms with E-state index in [1.165, 1.54) is 12.8 Å². The van der Waals surface area contributed by atoms with E-state index in [0.717, 1.165) is 38.9 Å². The molecule has 1 amide bonds. The Hall–Kier alpha value is -1.40. The second kappa shape index (κ2) is 7.01. The first-order chi connectivity index (χ1) is 11.1. The van der Waals surface area contributed by atoms with Crippen molar-refractivity contribution in [3.63, 3.8) is 0 Å². The maximum absolute atomic E-state index is 12.7. The molecule has 2 aliphatic rings. The molecule has 128 valence electrons. The number of aliphatic hydroxyl groups is 1. The van der Waals surface area contributed by atoms with Gasteiger partial charge in [-0.25, -0.2) is 0 Å². The zero-order chi connectivity index (χ0) is 16.4. The third-order valence-corrected chi connectivity index (χ3v) is 5.42. The highest BCUT2D eigenvalue weighted by molar-refractivity contribution is 5.93. The number of hydrogen-bond donors (Lipinski definition) is 1. The summed E-state index contributed by atoms with van der Waals surface area (Å²) in [5.41, 5.74) is 0.602. The normalized spacial score (nSPS) is 28.9. The molecule has 0 aromatic carbocycles. The number of hydrogen-bond acceptors (Lipinski definition) is 4. The van der Waals surface area contributed by atoms with Gasteiger partial charge in [-0.1, -0.05) is 0 Å². The van der Waals surface area contributed by atoms with Crippen LogP contribution in [-0.2, 0) is 6.54 Å². The lowest BCUT2D eigenvalue weighted by molar-refractivity contribution is -0.0241. The summed E-state index contributed by atoms with van der Waals surface area (Å²) in [5.74, 6) is -0.0455. The molecule has 1 saturated carbocycles. The number of likely N-dealkylation sites (N-methyl/N-ethyl adjacent to an activating group) is 1. The molecule has 1 aromatic heterocycles. The minimum Gasteiger partial charge on any atom is -0.389 e. The van der Waals surface area contributed by atoms with E-state index in [-0.39, 0.29) is 18.0 Å². The van der Waals surface area contributed by atoms with E-state index >= 15 is 0 Å². The molecule has 23 heavy (non-hydrogen) atoms. The maximum atomic E-state index is 12.7. The standard InChI is InChI=1S/C17H28N4O2/c1-3-21-12-13(11-18-21)17(23)19(2)14-7-6-8-15(16(14)22)20-9-4-5-10-20/h11-12,14-16,22H,3-10H2,1-2H3/t14-,15-,16-/m1/s1. The van der Waals surface area contributed by atoms with Crippen LogP contribution in [0.4, 0.5) is 0 Å². The molecule has 2 fully saturated rings. The highest BCUT2D eigenvalue weighted by Gasteiger charge is 2.39. The van der Waals surface area contributed by atoms with Gasteiger partial charge < -0.3 is 10.0 Å². The Kier molecular flexibility index (Phi) is 5.02. The molecule has 0 unspecified atom stereocenters. The summed E-state index contributed by atoms with van der Waals surface area (Å²) in [5, 5.41) is 15.0. The van der Waals surface area contributed by atoms with Gasteiger partial charge in [0.15, 0.2) is 0 Å². The second-order valence-electron chi connectivity index (χ2n) is 6.80. The van der Waals surface area contributed by atoms with E-state index in [4.69, 9.17) is 0 Å². The molecule has 1 N–H and O–H groups in total. The SMILES string of the molecule is CCn1cc(C(=O)N(C)[C@@H]2CCC[C@@H](N3CCCC3)[C@@H]2O)cn1. The summed E-state index contributed by atoms with van der Waals surface area (Å²) in [7, 11) is 1.81. The molecule has 0 radical (unpaired) electrons. The van der Waals surface area contributed by atoms with E-state index < -0.39 is 6.10 Å². The lowest BCUT2D eigenvalue weighted by atomic mass is 9.86. The molecule has 1 aliphatic carbocycles. The Morgan fingerprint density at radius 2 is 2.09 bits per heavy atom. The minimum absolute atomic E-state index is 0.0455. The van der Waals surface area contributed by atoms with E-state index in [1.807, 2.05) is 14.0 Å². The van der Waals surface area contributed by atoms with Crippen LogP contribution in [0.5, 0.6) is 0 Å². The molecule has 1 aliphatic heterocycles. The summed E-state index contributed by atoms with van der Waals surface area (Å²) >= 11 is 0. The Labute approximate surface area is 138 Å². The zero-order valence-electron chi connectivity index (χ0n) is 14.2. The number of carbonyl (C=O) groups is 1. The summed E-state index contributed by atoms with van der Waals surface area (Å²) < 4.78 is 1.76. The molecule has 1 aromatic rings. The largest absolute Gasteiger partial charge is 0.389 e. The van der Waals surface area contributed by atoms with Crippen molar-refractivity contribution in [1.29, 1.82) is 0 Å². The Bertz CT molecular complexity index is 538. The van der Waals surface area contributed by atoms with Crippen LogP contribution in [0.1, 0.15) is 49.4 Å². The number of amides is 1. The second-order valence-corrected chi connectivity index (χ2v) is 6.80. The molecule has 6 heteroatoms. The zero-order valence-corrected chi connectivity index (χ0v) is 14.2.